The average Bonchev–Trinajstić information content (AvgIpc) is 2.82. The predicted octanol–water partition coefficient (Wildman–Crippen LogP) is 2.17. The van der Waals surface area contributed by atoms with Crippen LogP contribution < -0.4 is 5.43 Å². The zero-order chi connectivity index (χ0) is 12.5. The number of piperidine rings is 1. The Labute approximate surface area is 107 Å². The second-order valence-corrected chi connectivity index (χ2v) is 4.98. The minimum Gasteiger partial charge on any atom is -0.302 e. The van der Waals surface area contributed by atoms with Crippen molar-refractivity contribution in [3.63, 3.8) is 0 Å². The highest BCUT2D eigenvalue weighted by Crippen LogP contribution is 2.33. The smallest absolute Gasteiger partial charge is 0.128 e. The van der Waals surface area contributed by atoms with Crippen molar-refractivity contribution in [1.29, 1.82) is 0 Å². The number of fused-ring (bicyclic) bond motifs is 1. The summed E-state index contributed by atoms with van der Waals surface area (Å²) in [4.78, 5) is 2.41. The Hall–Kier alpha value is -1.42. The van der Waals surface area contributed by atoms with E-state index in [2.05, 4.69) is 22.4 Å². The van der Waals surface area contributed by atoms with Crippen molar-refractivity contribution in [3.8, 4) is 0 Å². The fraction of sp³-hybridized carbons (Fsp3) is 0.500. The van der Waals surface area contributed by atoms with E-state index in [1.165, 1.54) is 11.8 Å². The van der Waals surface area contributed by atoms with Crippen LogP contribution in [0.1, 0.15) is 24.9 Å². The third-order valence-electron chi connectivity index (χ3n) is 4.00. The molecule has 2 aliphatic heterocycles. The van der Waals surface area contributed by atoms with E-state index in [1.54, 1.807) is 6.07 Å². The van der Waals surface area contributed by atoms with Gasteiger partial charge in [0.1, 0.15) is 5.82 Å². The molecule has 0 spiro atoms. The predicted molar refractivity (Wildman–Crippen MR) is 69.9 cm³/mol. The molecule has 0 amide bonds. The Morgan fingerprint density at radius 3 is 3.06 bits per heavy atom. The summed E-state index contributed by atoms with van der Waals surface area (Å²) >= 11 is 0. The third kappa shape index (κ3) is 1.90. The molecule has 96 valence electrons. The Kier molecular flexibility index (Phi) is 3.04. The number of nitrogens with zero attached hydrogens (tertiary/aromatic N) is 2. The molecule has 3 nitrogen and oxygen atoms in total. The number of likely N-dealkylation sites (tertiary alicyclic amines) is 1. The quantitative estimate of drug-likeness (QED) is 0.867. The van der Waals surface area contributed by atoms with Crippen LogP contribution in [0.2, 0.25) is 0 Å². The molecule has 0 saturated carbocycles. The van der Waals surface area contributed by atoms with Gasteiger partial charge in [0.15, 0.2) is 0 Å². The minimum absolute atomic E-state index is 0.00412. The van der Waals surface area contributed by atoms with Crippen LogP contribution in [0, 0.1) is 11.7 Å². The highest BCUT2D eigenvalue weighted by Gasteiger charge is 2.37. The lowest BCUT2D eigenvalue weighted by atomic mass is 9.86. The molecule has 4 heteroatoms. The molecular formula is C14H18FN3. The van der Waals surface area contributed by atoms with Crippen LogP contribution in [0.15, 0.2) is 29.4 Å². The fourth-order valence-electron chi connectivity index (χ4n) is 2.91. The van der Waals surface area contributed by atoms with Gasteiger partial charge in [-0.25, -0.2) is 4.39 Å². The summed E-state index contributed by atoms with van der Waals surface area (Å²) in [6.07, 6.45) is 0.996. The maximum absolute atomic E-state index is 13.9. The summed E-state index contributed by atoms with van der Waals surface area (Å²) in [5.74, 6) is 0.177. The van der Waals surface area contributed by atoms with Gasteiger partial charge in [0.25, 0.3) is 0 Å². The summed E-state index contributed by atoms with van der Waals surface area (Å²) < 4.78 is 13.9. The van der Waals surface area contributed by atoms with Gasteiger partial charge in [-0.3, -0.25) is 0 Å². The van der Waals surface area contributed by atoms with Gasteiger partial charge in [0.2, 0.25) is 0 Å². The Morgan fingerprint density at radius 1 is 1.44 bits per heavy atom. The van der Waals surface area contributed by atoms with Crippen LogP contribution in [-0.4, -0.2) is 30.2 Å². The molecule has 1 N–H and O–H groups in total. The zero-order valence-corrected chi connectivity index (χ0v) is 10.6. The first-order valence-electron chi connectivity index (χ1n) is 6.58. The van der Waals surface area contributed by atoms with Crippen LogP contribution in [0.5, 0.6) is 0 Å². The van der Waals surface area contributed by atoms with Crippen LogP contribution in [0.25, 0.3) is 0 Å². The summed E-state index contributed by atoms with van der Waals surface area (Å²) in [5, 5.41) is 4.40. The Balaban J connectivity index is 1.85. The van der Waals surface area contributed by atoms with Gasteiger partial charge in [-0.2, -0.15) is 5.10 Å². The summed E-state index contributed by atoms with van der Waals surface area (Å²) in [6, 6.07) is 6.99. The first-order valence-corrected chi connectivity index (χ1v) is 6.58. The lowest BCUT2D eigenvalue weighted by molar-refractivity contribution is 0.237. The number of benzene rings is 1. The minimum atomic E-state index is -0.139. The van der Waals surface area contributed by atoms with Gasteiger partial charge in [-0.15, -0.1) is 0 Å². The van der Waals surface area contributed by atoms with Gasteiger partial charge in [-0.1, -0.05) is 25.1 Å². The molecule has 2 unspecified atom stereocenters. The van der Waals surface area contributed by atoms with E-state index >= 15 is 0 Å². The van der Waals surface area contributed by atoms with E-state index in [0.717, 1.165) is 31.6 Å². The molecule has 0 aromatic heterocycles. The van der Waals surface area contributed by atoms with Gasteiger partial charge < -0.3 is 10.3 Å². The van der Waals surface area contributed by atoms with E-state index in [4.69, 9.17) is 0 Å². The molecule has 0 bridgehead atoms. The molecule has 2 aliphatic rings. The van der Waals surface area contributed by atoms with Crippen LogP contribution >= 0.6 is 0 Å². The summed E-state index contributed by atoms with van der Waals surface area (Å²) in [6.45, 7) is 5.26. The number of halogens is 1. The second-order valence-electron chi connectivity index (χ2n) is 4.98. The van der Waals surface area contributed by atoms with Crippen molar-refractivity contribution < 1.29 is 4.39 Å². The van der Waals surface area contributed by atoms with Gasteiger partial charge in [0, 0.05) is 36.7 Å². The SMILES string of the molecule is CCN1CCC2=NNC(c3ccccc3F)C2C1. The first-order chi connectivity index (χ1) is 8.79. The monoisotopic (exact) mass is 247 g/mol. The van der Waals surface area contributed by atoms with Crippen LogP contribution in [0.3, 0.4) is 0 Å². The molecule has 3 rings (SSSR count). The molecule has 18 heavy (non-hydrogen) atoms. The lowest BCUT2D eigenvalue weighted by Gasteiger charge is -2.32. The maximum Gasteiger partial charge on any atom is 0.128 e. The summed E-state index contributed by atoms with van der Waals surface area (Å²) in [7, 11) is 0. The van der Waals surface area contributed by atoms with E-state index < -0.39 is 0 Å². The van der Waals surface area contributed by atoms with Crippen molar-refractivity contribution in [2.45, 2.75) is 19.4 Å². The van der Waals surface area contributed by atoms with Gasteiger partial charge in [0.05, 0.1) is 6.04 Å². The number of hydrogen-bond acceptors (Lipinski definition) is 3. The van der Waals surface area contributed by atoms with Crippen molar-refractivity contribution in [2.24, 2.45) is 11.0 Å². The molecule has 2 atom stereocenters. The van der Waals surface area contributed by atoms with Crippen molar-refractivity contribution in [1.82, 2.24) is 10.3 Å². The largest absolute Gasteiger partial charge is 0.302 e. The Morgan fingerprint density at radius 2 is 2.28 bits per heavy atom. The summed E-state index contributed by atoms with van der Waals surface area (Å²) in [5.41, 5.74) is 5.06. The highest BCUT2D eigenvalue weighted by molar-refractivity contribution is 5.89. The lowest BCUT2D eigenvalue weighted by Crippen LogP contribution is -2.41. The van der Waals surface area contributed by atoms with Crippen molar-refractivity contribution >= 4 is 5.71 Å². The molecule has 2 heterocycles. The Bertz CT molecular complexity index is 472. The number of rotatable bonds is 2. The van der Waals surface area contributed by atoms with E-state index in [0.29, 0.717) is 5.92 Å². The molecule has 1 aromatic rings. The normalized spacial score (nSPS) is 27.6. The molecule has 1 fully saturated rings. The zero-order valence-electron chi connectivity index (χ0n) is 10.6. The standard InChI is InChI=1S/C14H18FN3/c1-2-18-8-7-13-11(9-18)14(17-16-13)10-5-3-4-6-12(10)15/h3-6,11,14,17H,2,7-9H2,1H3. The maximum atomic E-state index is 13.9. The highest BCUT2D eigenvalue weighted by atomic mass is 19.1. The first kappa shape index (κ1) is 11.7. The van der Waals surface area contributed by atoms with Crippen molar-refractivity contribution in [3.05, 3.63) is 35.6 Å². The topological polar surface area (TPSA) is 27.6 Å². The molecule has 1 saturated heterocycles. The van der Waals surface area contributed by atoms with Crippen LogP contribution in [0.4, 0.5) is 4.39 Å². The number of hydrogen-bond donors (Lipinski definition) is 1. The molecule has 0 aliphatic carbocycles. The van der Waals surface area contributed by atoms with Crippen molar-refractivity contribution in [2.75, 3.05) is 19.6 Å². The number of hydrazone groups is 1. The van der Waals surface area contributed by atoms with Crippen LogP contribution in [-0.2, 0) is 0 Å². The molecular weight excluding hydrogens is 229 g/mol. The fourth-order valence-corrected chi connectivity index (χ4v) is 2.91. The third-order valence-corrected chi connectivity index (χ3v) is 4.00. The van der Waals surface area contributed by atoms with Gasteiger partial charge >= 0.3 is 0 Å². The average molecular weight is 247 g/mol. The number of nitrogens with one attached hydrogen (secondary N) is 1. The van der Waals surface area contributed by atoms with Gasteiger partial charge in [-0.05, 0) is 12.6 Å². The van der Waals surface area contributed by atoms with E-state index in [-0.39, 0.29) is 11.9 Å². The second kappa shape index (κ2) is 4.69. The molecule has 1 aromatic carbocycles. The van der Waals surface area contributed by atoms with E-state index in [9.17, 15) is 4.39 Å². The van der Waals surface area contributed by atoms with E-state index in [1.807, 2.05) is 12.1 Å². The molecule has 0 radical (unpaired) electrons.